The zero-order valence-electron chi connectivity index (χ0n) is 20.8. The van der Waals surface area contributed by atoms with E-state index in [1.165, 1.54) is 4.90 Å². The first-order valence-electron chi connectivity index (χ1n) is 11.1. The van der Waals surface area contributed by atoms with Crippen molar-refractivity contribution in [2.45, 2.75) is 40.7 Å². The number of halogens is 1. The standard InChI is InChI=1S/C21H22ClN3O2.2C2H6.C2H4/c1-13-11-18(23-12-14-7-9-15(22)10-8-14)19(13)24-17-6-4-5-16(20(17)26)21(27)25(2)3;3*1-2/h4-10,23-24,26H,1,11-12H2,2-3H3;2*1-2H3;1-2H2. The minimum atomic E-state index is -0.251. The summed E-state index contributed by atoms with van der Waals surface area (Å²) in [5.74, 6) is -0.320. The molecule has 0 aliphatic heterocycles. The van der Waals surface area contributed by atoms with Gasteiger partial charge in [0.25, 0.3) is 5.91 Å². The lowest BCUT2D eigenvalue weighted by Crippen LogP contribution is -2.26. The Hall–Kier alpha value is -3.18. The molecule has 0 bridgehead atoms. The minimum absolute atomic E-state index is 0.0690. The van der Waals surface area contributed by atoms with E-state index in [9.17, 15) is 9.90 Å². The number of hydrogen-bond donors (Lipinski definition) is 3. The molecule has 0 spiro atoms. The lowest BCUT2D eigenvalue weighted by molar-refractivity contribution is 0.0824. The average molecular weight is 472 g/mol. The van der Waals surface area contributed by atoms with Crippen molar-refractivity contribution < 1.29 is 9.90 Å². The second-order valence-corrected chi connectivity index (χ2v) is 7.08. The van der Waals surface area contributed by atoms with Gasteiger partial charge in [-0.15, -0.1) is 13.2 Å². The fraction of sp³-hybridized carbons (Fsp3) is 0.296. The number of phenolic OH excluding ortho intramolecular Hbond substituents is 1. The van der Waals surface area contributed by atoms with Crippen molar-refractivity contribution in [2.24, 2.45) is 0 Å². The van der Waals surface area contributed by atoms with E-state index >= 15 is 0 Å². The topological polar surface area (TPSA) is 64.6 Å². The number of phenols is 1. The number of carbonyl (C=O) groups is 1. The second kappa shape index (κ2) is 15.6. The van der Waals surface area contributed by atoms with Crippen molar-refractivity contribution in [3.63, 3.8) is 0 Å². The predicted molar refractivity (Wildman–Crippen MR) is 143 cm³/mol. The number of rotatable bonds is 6. The summed E-state index contributed by atoms with van der Waals surface area (Å²) in [4.78, 5) is 13.6. The van der Waals surface area contributed by atoms with Crippen molar-refractivity contribution in [2.75, 3.05) is 19.4 Å². The van der Waals surface area contributed by atoms with E-state index in [1.807, 2.05) is 52.0 Å². The average Bonchev–Trinajstić information content (AvgIpc) is 2.85. The van der Waals surface area contributed by atoms with Gasteiger partial charge in [-0.2, -0.15) is 0 Å². The van der Waals surface area contributed by atoms with E-state index in [4.69, 9.17) is 11.6 Å². The molecule has 3 rings (SSSR count). The first kappa shape index (κ1) is 29.8. The molecule has 2 aromatic carbocycles. The maximum atomic E-state index is 12.2. The van der Waals surface area contributed by atoms with Crippen LogP contribution in [0.3, 0.4) is 0 Å². The third-order valence-electron chi connectivity index (χ3n) is 4.40. The minimum Gasteiger partial charge on any atom is -0.505 e. The summed E-state index contributed by atoms with van der Waals surface area (Å²) >= 11 is 5.91. The molecule has 180 valence electrons. The molecule has 0 fully saturated rings. The summed E-state index contributed by atoms with van der Waals surface area (Å²) < 4.78 is 0. The van der Waals surface area contributed by atoms with Gasteiger partial charge in [0.1, 0.15) is 0 Å². The molecule has 33 heavy (non-hydrogen) atoms. The summed E-state index contributed by atoms with van der Waals surface area (Å²) in [5, 5.41) is 17.8. The van der Waals surface area contributed by atoms with Crippen molar-refractivity contribution in [3.8, 4) is 5.75 Å². The highest BCUT2D eigenvalue weighted by Crippen LogP contribution is 2.36. The van der Waals surface area contributed by atoms with Gasteiger partial charge in [-0.05, 0) is 35.4 Å². The number of nitrogens with zero attached hydrogens (tertiary/aromatic N) is 1. The van der Waals surface area contributed by atoms with Crippen molar-refractivity contribution >= 4 is 23.2 Å². The normalized spacial score (nSPS) is 11.3. The quantitative estimate of drug-likeness (QED) is 0.314. The third-order valence-corrected chi connectivity index (χ3v) is 4.65. The van der Waals surface area contributed by atoms with Crippen LogP contribution in [-0.4, -0.2) is 30.0 Å². The molecule has 0 saturated carbocycles. The summed E-state index contributed by atoms with van der Waals surface area (Å²) in [5.41, 5.74) is 4.64. The highest BCUT2D eigenvalue weighted by atomic mass is 35.5. The molecule has 3 N–H and O–H groups in total. The maximum absolute atomic E-state index is 12.2. The van der Waals surface area contributed by atoms with Crippen molar-refractivity contribution in [3.05, 3.63) is 95.3 Å². The molecule has 0 aromatic heterocycles. The van der Waals surface area contributed by atoms with Gasteiger partial charge in [-0.1, -0.05) is 64.1 Å². The Kier molecular flexibility index (Phi) is 14.1. The Labute approximate surface area is 204 Å². The van der Waals surface area contributed by atoms with Crippen LogP contribution in [0.25, 0.3) is 0 Å². The van der Waals surface area contributed by atoms with Gasteiger partial charge in [0.15, 0.2) is 5.75 Å². The Bertz CT molecular complexity index is 935. The third kappa shape index (κ3) is 8.35. The van der Waals surface area contributed by atoms with Gasteiger partial charge in [0.05, 0.1) is 16.9 Å². The first-order chi connectivity index (χ1) is 15.9. The number of hydrogen-bond acceptors (Lipinski definition) is 4. The largest absolute Gasteiger partial charge is 0.505 e. The van der Waals surface area contributed by atoms with E-state index in [2.05, 4.69) is 30.4 Å². The number of nitrogens with one attached hydrogen (secondary N) is 2. The molecule has 2 aromatic rings. The number of aromatic hydroxyl groups is 1. The molecule has 1 amide bonds. The molecule has 0 unspecified atom stereocenters. The van der Waals surface area contributed by atoms with Crippen LogP contribution in [-0.2, 0) is 6.54 Å². The summed E-state index contributed by atoms with van der Waals surface area (Å²) in [7, 11) is 3.30. The van der Waals surface area contributed by atoms with Crippen LogP contribution in [0.15, 0.2) is 79.2 Å². The summed E-state index contributed by atoms with van der Waals surface area (Å²) in [6, 6.07) is 12.7. The molecular formula is C27H38ClN3O2. The Balaban J connectivity index is 0.00000158. The van der Waals surface area contributed by atoms with E-state index in [0.29, 0.717) is 17.3 Å². The van der Waals surface area contributed by atoms with Crippen LogP contribution in [0.5, 0.6) is 5.75 Å². The molecule has 1 aliphatic rings. The lowest BCUT2D eigenvalue weighted by Gasteiger charge is -2.29. The first-order valence-corrected chi connectivity index (χ1v) is 11.4. The van der Waals surface area contributed by atoms with Gasteiger partial charge >= 0.3 is 0 Å². The highest BCUT2D eigenvalue weighted by Gasteiger charge is 2.24. The van der Waals surface area contributed by atoms with E-state index in [1.54, 1.807) is 32.3 Å². The SMILES string of the molecule is C=C.C=C1CC(NCc2ccc(Cl)cc2)=C1Nc1cccc(C(=O)N(C)C)c1O.CC.CC. The van der Waals surface area contributed by atoms with Crippen molar-refractivity contribution in [1.29, 1.82) is 0 Å². The molecule has 6 heteroatoms. The smallest absolute Gasteiger partial charge is 0.257 e. The maximum Gasteiger partial charge on any atom is 0.257 e. The zero-order chi connectivity index (χ0) is 25.6. The molecule has 0 atom stereocenters. The molecular weight excluding hydrogens is 434 g/mol. The van der Waals surface area contributed by atoms with E-state index in [0.717, 1.165) is 29.0 Å². The predicted octanol–water partition coefficient (Wildman–Crippen LogP) is 6.98. The Morgan fingerprint density at radius 2 is 1.64 bits per heavy atom. The summed E-state index contributed by atoms with van der Waals surface area (Å²) in [6.45, 7) is 18.7. The van der Waals surface area contributed by atoms with Gasteiger partial charge < -0.3 is 20.6 Å². The monoisotopic (exact) mass is 471 g/mol. The molecule has 0 saturated heterocycles. The Morgan fingerprint density at radius 3 is 2.15 bits per heavy atom. The van der Waals surface area contributed by atoms with E-state index in [-0.39, 0.29) is 17.2 Å². The van der Waals surface area contributed by atoms with Crippen LogP contribution in [0.1, 0.15) is 50.0 Å². The molecule has 1 aliphatic carbocycles. The Morgan fingerprint density at radius 1 is 1.06 bits per heavy atom. The van der Waals surface area contributed by atoms with Gasteiger partial charge in [0.2, 0.25) is 0 Å². The lowest BCUT2D eigenvalue weighted by atomic mass is 9.94. The number of anilines is 1. The fourth-order valence-corrected chi connectivity index (χ4v) is 2.94. The number of para-hydroxylation sites is 1. The number of amides is 1. The molecule has 0 radical (unpaired) electrons. The van der Waals surface area contributed by atoms with Crippen LogP contribution < -0.4 is 10.6 Å². The van der Waals surface area contributed by atoms with Crippen LogP contribution in [0.4, 0.5) is 5.69 Å². The fourth-order valence-electron chi connectivity index (χ4n) is 2.82. The van der Waals surface area contributed by atoms with Gasteiger partial charge in [-0.3, -0.25) is 4.79 Å². The van der Waals surface area contributed by atoms with Crippen LogP contribution in [0, 0.1) is 0 Å². The van der Waals surface area contributed by atoms with Crippen LogP contribution >= 0.6 is 11.6 Å². The van der Waals surface area contributed by atoms with E-state index < -0.39 is 0 Å². The zero-order valence-corrected chi connectivity index (χ0v) is 21.5. The van der Waals surface area contributed by atoms with Gasteiger partial charge in [-0.25, -0.2) is 0 Å². The highest BCUT2D eigenvalue weighted by molar-refractivity contribution is 6.30. The van der Waals surface area contributed by atoms with Gasteiger partial charge in [0, 0.05) is 37.8 Å². The second-order valence-electron chi connectivity index (χ2n) is 6.64. The number of allylic oxidation sites excluding steroid dienone is 2. The number of benzene rings is 2. The van der Waals surface area contributed by atoms with Crippen molar-refractivity contribution in [1.82, 2.24) is 10.2 Å². The molecule has 0 heterocycles. The number of carbonyl (C=O) groups excluding carboxylic acids is 1. The molecule has 5 nitrogen and oxygen atoms in total. The summed E-state index contributed by atoms with van der Waals surface area (Å²) in [6.07, 6.45) is 0.743. The van der Waals surface area contributed by atoms with Crippen LogP contribution in [0.2, 0.25) is 5.02 Å².